The Morgan fingerprint density at radius 1 is 1.40 bits per heavy atom. The van der Waals surface area contributed by atoms with Gasteiger partial charge in [0, 0.05) is 25.4 Å². The molecular formula is C7H15NOS. The first-order chi connectivity index (χ1) is 4.93. The van der Waals surface area contributed by atoms with Crippen molar-refractivity contribution in [3.8, 4) is 0 Å². The second-order valence-corrected chi connectivity index (χ2v) is 3.43. The fourth-order valence-electron chi connectivity index (χ4n) is 1.05. The summed E-state index contributed by atoms with van der Waals surface area (Å²) in [5, 5.41) is 0. The minimum absolute atomic E-state index is 0.925. The van der Waals surface area contributed by atoms with Crippen molar-refractivity contribution < 1.29 is 4.74 Å². The monoisotopic (exact) mass is 161 g/mol. The van der Waals surface area contributed by atoms with Crippen molar-refractivity contribution in [1.82, 2.24) is 4.90 Å². The van der Waals surface area contributed by atoms with E-state index in [1.165, 1.54) is 12.3 Å². The highest BCUT2D eigenvalue weighted by atomic mass is 32.2. The van der Waals surface area contributed by atoms with Crippen molar-refractivity contribution in [3.63, 3.8) is 0 Å². The molecule has 1 aliphatic heterocycles. The van der Waals surface area contributed by atoms with Crippen molar-refractivity contribution >= 4 is 11.8 Å². The minimum Gasteiger partial charge on any atom is -0.379 e. The Labute approximate surface area is 66.9 Å². The third-order valence-corrected chi connectivity index (χ3v) is 2.31. The van der Waals surface area contributed by atoms with Crippen molar-refractivity contribution in [3.05, 3.63) is 0 Å². The van der Waals surface area contributed by atoms with E-state index in [4.69, 9.17) is 4.74 Å². The van der Waals surface area contributed by atoms with Crippen molar-refractivity contribution in [2.75, 3.05) is 44.9 Å². The Hall–Kier alpha value is 0.270. The number of thioether (sulfide) groups is 1. The van der Waals surface area contributed by atoms with Crippen molar-refractivity contribution in [1.29, 1.82) is 0 Å². The molecule has 0 aromatic rings. The maximum absolute atomic E-state index is 5.23. The van der Waals surface area contributed by atoms with Crippen molar-refractivity contribution in [2.24, 2.45) is 0 Å². The van der Waals surface area contributed by atoms with Crippen LogP contribution in [0.5, 0.6) is 0 Å². The Balaban J connectivity index is 2.02. The summed E-state index contributed by atoms with van der Waals surface area (Å²) < 4.78 is 5.23. The van der Waals surface area contributed by atoms with Crippen LogP contribution >= 0.6 is 11.8 Å². The van der Waals surface area contributed by atoms with Crippen LogP contribution in [0, 0.1) is 0 Å². The van der Waals surface area contributed by atoms with E-state index in [2.05, 4.69) is 11.2 Å². The molecular weight excluding hydrogens is 146 g/mol. The van der Waals surface area contributed by atoms with E-state index in [0.717, 1.165) is 26.3 Å². The quantitative estimate of drug-likeness (QED) is 0.604. The molecule has 0 spiro atoms. The topological polar surface area (TPSA) is 12.5 Å². The summed E-state index contributed by atoms with van der Waals surface area (Å²) in [6, 6.07) is 0. The zero-order valence-electron chi connectivity index (χ0n) is 6.51. The summed E-state index contributed by atoms with van der Waals surface area (Å²) >= 11 is 1.91. The lowest BCUT2D eigenvalue weighted by Gasteiger charge is -2.25. The molecule has 0 aromatic carbocycles. The molecule has 0 unspecified atom stereocenters. The van der Waals surface area contributed by atoms with Gasteiger partial charge in [0.25, 0.3) is 0 Å². The van der Waals surface area contributed by atoms with Gasteiger partial charge in [0.1, 0.15) is 0 Å². The normalized spacial score (nSPS) is 21.3. The van der Waals surface area contributed by atoms with Gasteiger partial charge in [0.15, 0.2) is 0 Å². The summed E-state index contributed by atoms with van der Waals surface area (Å²) in [6.07, 6.45) is 2.15. The van der Waals surface area contributed by atoms with Crippen LogP contribution in [0.15, 0.2) is 0 Å². The first-order valence-electron chi connectivity index (χ1n) is 3.72. The van der Waals surface area contributed by atoms with Gasteiger partial charge < -0.3 is 4.74 Å². The molecule has 0 atom stereocenters. The van der Waals surface area contributed by atoms with Crippen LogP contribution in [0.3, 0.4) is 0 Å². The molecule has 3 heteroatoms. The molecule has 0 aromatic heterocycles. The van der Waals surface area contributed by atoms with E-state index in [0.29, 0.717) is 0 Å². The van der Waals surface area contributed by atoms with Crippen LogP contribution in [-0.4, -0.2) is 49.8 Å². The van der Waals surface area contributed by atoms with Crippen LogP contribution in [-0.2, 0) is 4.74 Å². The van der Waals surface area contributed by atoms with E-state index in [-0.39, 0.29) is 0 Å². The van der Waals surface area contributed by atoms with Gasteiger partial charge in [-0.2, -0.15) is 11.8 Å². The van der Waals surface area contributed by atoms with E-state index >= 15 is 0 Å². The summed E-state index contributed by atoms with van der Waals surface area (Å²) in [7, 11) is 0. The van der Waals surface area contributed by atoms with Gasteiger partial charge in [-0.1, -0.05) is 0 Å². The highest BCUT2D eigenvalue weighted by Gasteiger charge is 2.08. The van der Waals surface area contributed by atoms with Crippen LogP contribution < -0.4 is 0 Å². The second-order valence-electron chi connectivity index (χ2n) is 2.45. The zero-order chi connectivity index (χ0) is 7.23. The molecule has 1 aliphatic rings. The van der Waals surface area contributed by atoms with Gasteiger partial charge in [-0.25, -0.2) is 0 Å². The number of nitrogens with zero attached hydrogens (tertiary/aromatic N) is 1. The second kappa shape index (κ2) is 4.99. The molecule has 1 rings (SSSR count). The molecule has 60 valence electrons. The molecule has 0 bridgehead atoms. The number of ether oxygens (including phenoxy) is 1. The largest absolute Gasteiger partial charge is 0.379 e. The van der Waals surface area contributed by atoms with Crippen molar-refractivity contribution in [2.45, 2.75) is 0 Å². The maximum Gasteiger partial charge on any atom is 0.0594 e. The van der Waals surface area contributed by atoms with Crippen LogP contribution in [0.4, 0.5) is 0 Å². The average Bonchev–Trinajstić information content (AvgIpc) is 2.03. The van der Waals surface area contributed by atoms with Gasteiger partial charge in [-0.05, 0) is 6.26 Å². The molecule has 2 nitrogen and oxygen atoms in total. The van der Waals surface area contributed by atoms with Crippen LogP contribution in [0.25, 0.3) is 0 Å². The van der Waals surface area contributed by atoms with Gasteiger partial charge in [-0.15, -0.1) is 0 Å². The van der Waals surface area contributed by atoms with Gasteiger partial charge in [0.05, 0.1) is 13.2 Å². The smallest absolute Gasteiger partial charge is 0.0594 e. The fraction of sp³-hybridized carbons (Fsp3) is 1.00. The molecule has 0 aliphatic carbocycles. The lowest BCUT2D eigenvalue weighted by molar-refractivity contribution is 0.0410. The highest BCUT2D eigenvalue weighted by molar-refractivity contribution is 7.98. The summed E-state index contributed by atoms with van der Waals surface area (Å²) in [6.45, 7) is 5.33. The molecule has 1 fully saturated rings. The minimum atomic E-state index is 0.925. The predicted molar refractivity (Wildman–Crippen MR) is 45.6 cm³/mol. The maximum atomic E-state index is 5.23. The SMILES string of the molecule is CSCCN1CCOCC1. The lowest BCUT2D eigenvalue weighted by atomic mass is 10.4. The summed E-state index contributed by atoms with van der Waals surface area (Å²) in [5.41, 5.74) is 0. The number of rotatable bonds is 3. The Morgan fingerprint density at radius 3 is 2.70 bits per heavy atom. The van der Waals surface area contributed by atoms with Crippen LogP contribution in [0.2, 0.25) is 0 Å². The van der Waals surface area contributed by atoms with E-state index in [1.54, 1.807) is 0 Å². The first-order valence-corrected chi connectivity index (χ1v) is 5.12. The predicted octanol–water partition coefficient (Wildman–Crippen LogP) is 0.682. The Kier molecular flexibility index (Phi) is 4.18. The van der Waals surface area contributed by atoms with Gasteiger partial charge in [0.2, 0.25) is 0 Å². The average molecular weight is 161 g/mol. The molecule has 10 heavy (non-hydrogen) atoms. The number of morpholine rings is 1. The zero-order valence-corrected chi connectivity index (χ0v) is 7.32. The standard InChI is InChI=1S/C7H15NOS/c1-10-7-4-8-2-5-9-6-3-8/h2-7H2,1H3. The molecule has 0 amide bonds. The molecule has 0 N–H and O–H groups in total. The lowest BCUT2D eigenvalue weighted by Crippen LogP contribution is -2.37. The summed E-state index contributed by atoms with van der Waals surface area (Å²) in [5.74, 6) is 1.25. The molecule has 0 radical (unpaired) electrons. The highest BCUT2D eigenvalue weighted by Crippen LogP contribution is 1.99. The molecule has 0 saturated carbocycles. The third kappa shape index (κ3) is 2.90. The first kappa shape index (κ1) is 8.37. The summed E-state index contributed by atoms with van der Waals surface area (Å²) in [4.78, 5) is 2.46. The van der Waals surface area contributed by atoms with E-state index < -0.39 is 0 Å². The number of hydrogen-bond acceptors (Lipinski definition) is 3. The molecule has 1 saturated heterocycles. The fourth-order valence-corrected chi connectivity index (χ4v) is 1.49. The van der Waals surface area contributed by atoms with Crippen LogP contribution in [0.1, 0.15) is 0 Å². The van der Waals surface area contributed by atoms with E-state index in [9.17, 15) is 0 Å². The Bertz CT molecular complexity index is 83.7. The van der Waals surface area contributed by atoms with Gasteiger partial charge in [-0.3, -0.25) is 4.90 Å². The number of hydrogen-bond donors (Lipinski definition) is 0. The Morgan fingerprint density at radius 2 is 2.10 bits per heavy atom. The van der Waals surface area contributed by atoms with E-state index in [1.807, 2.05) is 11.8 Å². The van der Waals surface area contributed by atoms with Gasteiger partial charge >= 0.3 is 0 Å². The molecule has 1 heterocycles. The third-order valence-electron chi connectivity index (χ3n) is 1.72.